The predicted octanol–water partition coefficient (Wildman–Crippen LogP) is 35.9. The number of nitrogens with zero attached hydrogens (tertiary/aromatic N) is 4. The summed E-state index contributed by atoms with van der Waals surface area (Å²) in [6, 6.07) is 184. The molecule has 134 heavy (non-hydrogen) atoms. The van der Waals surface area contributed by atoms with E-state index in [1.807, 2.05) is 24.3 Å². The largest absolute Gasteiger partial charge is 0.455 e. The third-order valence-electron chi connectivity index (χ3n) is 26.8. The molecule has 22 aromatic carbocycles. The third kappa shape index (κ3) is 13.8. The molecule has 0 unspecified atom stereocenters. The molecule has 0 N–H and O–H groups in total. The SMILES string of the molecule is c1cc(-c2ccc3ccccc3c2)cc(N(c2ccc(-c3cccc4c3oc3ccccc34)cc2)c2cccc(-c3ccccc3-c3ccccc3-n3c4ccccc4c4ccccc43)c2)c1.c1cc(-c2ccccc2-c2ccccc2-n2c3ccccc3c3ccccc32)cc(N(c2ccc(-c3cccc4c3oc3ccccc34)cc2)c2ccccc2-c2ccc3ccccc3c2)c1. The first kappa shape index (κ1) is 78.4. The molecular formula is C128H84N4O2. The fourth-order valence-corrected chi connectivity index (χ4v) is 20.6. The summed E-state index contributed by atoms with van der Waals surface area (Å²) in [6.07, 6.45) is 0. The van der Waals surface area contributed by atoms with E-state index in [0.717, 1.165) is 151 Å². The van der Waals surface area contributed by atoms with Gasteiger partial charge in [0.1, 0.15) is 22.3 Å². The molecule has 4 aromatic heterocycles. The van der Waals surface area contributed by atoms with Crippen molar-refractivity contribution in [3.63, 3.8) is 0 Å². The minimum absolute atomic E-state index is 0.898. The number of furan rings is 2. The highest BCUT2D eigenvalue weighted by atomic mass is 16.3. The van der Waals surface area contributed by atoms with Crippen molar-refractivity contribution in [3.05, 3.63) is 510 Å². The van der Waals surface area contributed by atoms with E-state index < -0.39 is 0 Å². The summed E-state index contributed by atoms with van der Waals surface area (Å²) >= 11 is 0. The monoisotopic (exact) mass is 1710 g/mol. The van der Waals surface area contributed by atoms with E-state index in [4.69, 9.17) is 8.83 Å². The molecule has 0 fully saturated rings. The van der Waals surface area contributed by atoms with Crippen LogP contribution in [-0.4, -0.2) is 9.13 Å². The highest BCUT2D eigenvalue weighted by Gasteiger charge is 2.26. The maximum atomic E-state index is 6.50. The van der Waals surface area contributed by atoms with Crippen LogP contribution in [0.4, 0.5) is 34.1 Å². The summed E-state index contributed by atoms with van der Waals surface area (Å²) in [7, 11) is 0. The van der Waals surface area contributed by atoms with Crippen molar-refractivity contribution >= 4 is 143 Å². The van der Waals surface area contributed by atoms with Crippen LogP contribution < -0.4 is 9.80 Å². The van der Waals surface area contributed by atoms with Gasteiger partial charge in [0.05, 0.1) is 39.1 Å². The lowest BCUT2D eigenvalue weighted by Crippen LogP contribution is -2.11. The highest BCUT2D eigenvalue weighted by molar-refractivity contribution is 6.14. The molecule has 26 aromatic rings. The van der Waals surface area contributed by atoms with E-state index in [9.17, 15) is 0 Å². The van der Waals surface area contributed by atoms with Gasteiger partial charge in [-0.1, -0.05) is 382 Å². The average Bonchev–Trinajstić information content (AvgIpc) is 1.54. The van der Waals surface area contributed by atoms with Gasteiger partial charge in [0.15, 0.2) is 0 Å². The number of hydrogen-bond acceptors (Lipinski definition) is 4. The number of fused-ring (bicyclic) bond motifs is 14. The van der Waals surface area contributed by atoms with Crippen LogP contribution in [0.3, 0.4) is 0 Å². The van der Waals surface area contributed by atoms with Crippen molar-refractivity contribution in [1.82, 2.24) is 9.13 Å². The lowest BCUT2D eigenvalue weighted by atomic mass is 9.93. The van der Waals surface area contributed by atoms with E-state index in [1.165, 1.54) is 93.0 Å². The van der Waals surface area contributed by atoms with E-state index >= 15 is 0 Å². The van der Waals surface area contributed by atoms with Crippen LogP contribution in [-0.2, 0) is 0 Å². The van der Waals surface area contributed by atoms with Crippen molar-refractivity contribution < 1.29 is 8.83 Å². The topological polar surface area (TPSA) is 42.6 Å². The number of aromatic nitrogens is 2. The summed E-state index contributed by atoms with van der Waals surface area (Å²) in [4.78, 5) is 4.79. The third-order valence-corrected chi connectivity index (χ3v) is 26.8. The van der Waals surface area contributed by atoms with Gasteiger partial charge < -0.3 is 27.8 Å². The van der Waals surface area contributed by atoms with Gasteiger partial charge in [-0.25, -0.2) is 0 Å². The van der Waals surface area contributed by atoms with Crippen molar-refractivity contribution in [2.45, 2.75) is 0 Å². The number of anilines is 6. The summed E-state index contributed by atoms with van der Waals surface area (Å²) in [5.74, 6) is 0. The standard InChI is InChI=1S/2C64H42N2O/c1-2-18-45-41-47(36-35-43(45)17-1)51-22-5-10-30-59(51)65(48-39-37-44(38-40-48)52-28-16-29-58-57-27-9-14-34-63(57)67-64(52)58)49-20-15-19-46(42-49)50-21-3-4-23-53(50)54-24-6-11-31-60(54)66-61-32-12-7-25-55(61)56-26-8-13-33-62(56)66;1-2-17-45-40-47(35-34-43(45)16-1)46-18-13-20-50(41-46)65(49-38-36-44(37-39-49)53-28-15-29-59-58-27-8-12-33-63(58)67-64(53)59)51-21-14-19-48(42-51)52-22-3-4-23-54(52)55-24-5-9-30-60(55)66-61-31-10-6-25-56(61)57-26-7-11-32-62(57)66/h2*1-42H. The quantitative estimate of drug-likeness (QED) is 0.0967. The number of rotatable bonds is 16. The van der Waals surface area contributed by atoms with E-state index in [-0.39, 0.29) is 0 Å². The van der Waals surface area contributed by atoms with Crippen LogP contribution in [0.5, 0.6) is 0 Å². The second kappa shape index (κ2) is 33.3. The Labute approximate surface area is 775 Å². The zero-order chi connectivity index (χ0) is 88.5. The minimum atomic E-state index is 0.898. The fourth-order valence-electron chi connectivity index (χ4n) is 20.6. The summed E-state index contributed by atoms with van der Waals surface area (Å²) < 4.78 is 17.8. The van der Waals surface area contributed by atoms with Crippen LogP contribution >= 0.6 is 0 Å². The van der Waals surface area contributed by atoms with Gasteiger partial charge in [-0.2, -0.15) is 0 Å². The van der Waals surface area contributed by atoms with Crippen LogP contribution in [0.15, 0.2) is 518 Å². The number of benzene rings is 22. The smallest absolute Gasteiger partial charge is 0.143 e. The molecule has 0 aliphatic heterocycles. The molecule has 0 saturated carbocycles. The van der Waals surface area contributed by atoms with E-state index in [2.05, 4.69) is 504 Å². The Morgan fingerprint density at radius 3 is 0.925 bits per heavy atom. The first-order chi connectivity index (χ1) is 66.5. The van der Waals surface area contributed by atoms with Crippen molar-refractivity contribution in [3.8, 4) is 100 Å². The molecule has 0 spiro atoms. The molecule has 6 heteroatoms. The summed E-state index contributed by atoms with van der Waals surface area (Å²) in [5, 5.41) is 14.4. The van der Waals surface area contributed by atoms with Crippen LogP contribution in [0.1, 0.15) is 0 Å². The number of hydrogen-bond donors (Lipinski definition) is 0. The van der Waals surface area contributed by atoms with Crippen molar-refractivity contribution in [2.24, 2.45) is 0 Å². The summed E-state index contributed by atoms with van der Waals surface area (Å²) in [5.41, 5.74) is 35.3. The Morgan fingerprint density at radius 1 is 0.157 bits per heavy atom. The molecule has 0 aliphatic rings. The normalized spacial score (nSPS) is 11.6. The maximum Gasteiger partial charge on any atom is 0.143 e. The van der Waals surface area contributed by atoms with E-state index in [0.29, 0.717) is 0 Å². The van der Waals surface area contributed by atoms with Crippen LogP contribution in [0.25, 0.3) is 209 Å². The molecule has 628 valence electrons. The van der Waals surface area contributed by atoms with Gasteiger partial charge in [0.25, 0.3) is 0 Å². The van der Waals surface area contributed by atoms with Gasteiger partial charge in [-0.3, -0.25) is 0 Å². The Balaban J connectivity index is 0.000000143. The summed E-state index contributed by atoms with van der Waals surface area (Å²) in [6.45, 7) is 0. The van der Waals surface area contributed by atoms with Gasteiger partial charge in [-0.05, 0) is 210 Å². The van der Waals surface area contributed by atoms with Crippen LogP contribution in [0.2, 0.25) is 0 Å². The maximum absolute atomic E-state index is 6.50. The molecule has 26 rings (SSSR count). The van der Waals surface area contributed by atoms with Crippen molar-refractivity contribution in [2.75, 3.05) is 9.80 Å². The number of para-hydroxylation sites is 11. The van der Waals surface area contributed by atoms with Gasteiger partial charge in [0.2, 0.25) is 0 Å². The predicted molar refractivity (Wildman–Crippen MR) is 564 cm³/mol. The molecule has 0 saturated heterocycles. The molecule has 0 bridgehead atoms. The van der Waals surface area contributed by atoms with E-state index in [1.54, 1.807) is 0 Å². The zero-order valence-electron chi connectivity index (χ0n) is 73.1. The second-order valence-corrected chi connectivity index (χ2v) is 34.5. The lowest BCUT2D eigenvalue weighted by molar-refractivity contribution is 0.669. The Bertz CT molecular complexity index is 8950. The Kier molecular flexibility index (Phi) is 19.5. The molecule has 6 nitrogen and oxygen atoms in total. The highest BCUT2D eigenvalue weighted by Crippen LogP contribution is 2.50. The minimum Gasteiger partial charge on any atom is -0.455 e. The van der Waals surface area contributed by atoms with Gasteiger partial charge in [0, 0.05) is 99.3 Å². The fraction of sp³-hybridized carbons (Fsp3) is 0. The van der Waals surface area contributed by atoms with Gasteiger partial charge >= 0.3 is 0 Å². The average molecular weight is 1710 g/mol. The van der Waals surface area contributed by atoms with Crippen LogP contribution in [0, 0.1) is 0 Å². The lowest BCUT2D eigenvalue weighted by Gasteiger charge is -2.29. The molecule has 0 atom stereocenters. The van der Waals surface area contributed by atoms with Crippen molar-refractivity contribution in [1.29, 1.82) is 0 Å². The first-order valence-corrected chi connectivity index (χ1v) is 45.8. The zero-order valence-corrected chi connectivity index (χ0v) is 73.1. The molecule has 0 amide bonds. The Hall–Kier alpha value is -17.8. The first-order valence-electron chi connectivity index (χ1n) is 45.8. The molecule has 0 aliphatic carbocycles. The molecule has 4 heterocycles. The molecular weight excluding hydrogens is 1630 g/mol. The second-order valence-electron chi connectivity index (χ2n) is 34.5. The molecule has 0 radical (unpaired) electrons. The Morgan fingerprint density at radius 2 is 0.455 bits per heavy atom. The van der Waals surface area contributed by atoms with Gasteiger partial charge in [-0.15, -0.1) is 0 Å².